The Morgan fingerprint density at radius 3 is 2.61 bits per heavy atom. The summed E-state index contributed by atoms with van der Waals surface area (Å²) in [5.41, 5.74) is 0.685. The van der Waals surface area contributed by atoms with Gasteiger partial charge in [-0.25, -0.2) is 8.78 Å². The van der Waals surface area contributed by atoms with E-state index in [9.17, 15) is 8.78 Å². The van der Waals surface area contributed by atoms with Gasteiger partial charge >= 0.3 is 0 Å². The Kier molecular flexibility index (Phi) is 4.66. The van der Waals surface area contributed by atoms with Gasteiger partial charge in [-0.3, -0.25) is 0 Å². The maximum absolute atomic E-state index is 13.1. The van der Waals surface area contributed by atoms with Crippen LogP contribution in [0.2, 0.25) is 0 Å². The van der Waals surface area contributed by atoms with Crippen molar-refractivity contribution < 1.29 is 13.5 Å². The summed E-state index contributed by atoms with van der Waals surface area (Å²) in [6, 6.07) is 3.87. The molecule has 0 spiro atoms. The minimum absolute atomic E-state index is 0.189. The topological polar surface area (TPSA) is 21.3 Å². The molecule has 1 aromatic carbocycles. The number of ether oxygens (including phenoxy) is 1. The third-order valence-electron chi connectivity index (χ3n) is 3.38. The highest BCUT2D eigenvalue weighted by molar-refractivity contribution is 5.19. The largest absolute Gasteiger partial charge is 0.378 e. The number of halogens is 2. The lowest BCUT2D eigenvalue weighted by atomic mass is 9.99. The lowest BCUT2D eigenvalue weighted by molar-refractivity contribution is 0.0954. The van der Waals surface area contributed by atoms with Gasteiger partial charge in [0.2, 0.25) is 0 Å². The first-order valence-electron chi connectivity index (χ1n) is 6.41. The Bertz CT molecular complexity index is 371. The number of likely N-dealkylation sites (N-methyl/N-ethyl adjacent to an activating group) is 1. The van der Waals surface area contributed by atoms with Crippen LogP contribution < -0.4 is 5.32 Å². The summed E-state index contributed by atoms with van der Waals surface area (Å²) in [4.78, 5) is 0. The van der Waals surface area contributed by atoms with Crippen molar-refractivity contribution in [1.82, 2.24) is 5.32 Å². The molecular weight excluding hydrogens is 236 g/mol. The van der Waals surface area contributed by atoms with Gasteiger partial charge in [0.05, 0.1) is 6.10 Å². The predicted molar refractivity (Wildman–Crippen MR) is 66.5 cm³/mol. The van der Waals surface area contributed by atoms with E-state index < -0.39 is 11.6 Å². The molecular formula is C14H19F2NO. The summed E-state index contributed by atoms with van der Waals surface area (Å²) in [5.74, 6) is -1.03. The second kappa shape index (κ2) is 6.25. The van der Waals surface area contributed by atoms with E-state index in [0.717, 1.165) is 31.9 Å². The molecule has 2 nitrogen and oxygen atoms in total. The quantitative estimate of drug-likeness (QED) is 0.873. The number of benzene rings is 1. The molecule has 2 unspecified atom stereocenters. The summed E-state index contributed by atoms with van der Waals surface area (Å²) in [6.07, 6.45) is 3.96. The van der Waals surface area contributed by atoms with Gasteiger partial charge < -0.3 is 10.1 Å². The van der Waals surface area contributed by atoms with Crippen molar-refractivity contribution >= 4 is 0 Å². The molecule has 1 aliphatic rings. The van der Waals surface area contributed by atoms with Crippen molar-refractivity contribution in [3.05, 3.63) is 35.4 Å². The van der Waals surface area contributed by atoms with Crippen LogP contribution in [0.4, 0.5) is 8.78 Å². The molecule has 0 aromatic heterocycles. The van der Waals surface area contributed by atoms with Gasteiger partial charge in [0.1, 0.15) is 11.6 Å². The molecule has 0 aliphatic carbocycles. The molecule has 1 N–H and O–H groups in total. The average molecular weight is 255 g/mol. The summed E-state index contributed by atoms with van der Waals surface area (Å²) in [6.45, 7) is 0.829. The first-order valence-corrected chi connectivity index (χ1v) is 6.41. The van der Waals surface area contributed by atoms with E-state index in [1.54, 1.807) is 0 Å². The van der Waals surface area contributed by atoms with Crippen LogP contribution in [0.5, 0.6) is 0 Å². The van der Waals surface area contributed by atoms with Crippen molar-refractivity contribution in [2.24, 2.45) is 0 Å². The molecule has 18 heavy (non-hydrogen) atoms. The molecule has 0 bridgehead atoms. The van der Waals surface area contributed by atoms with Crippen molar-refractivity contribution in [3.63, 3.8) is 0 Å². The molecule has 1 aromatic rings. The van der Waals surface area contributed by atoms with E-state index in [0.29, 0.717) is 12.0 Å². The summed E-state index contributed by atoms with van der Waals surface area (Å²) < 4.78 is 31.8. The molecule has 0 amide bonds. The van der Waals surface area contributed by atoms with Crippen LogP contribution in [0.3, 0.4) is 0 Å². The second-order valence-corrected chi connectivity index (χ2v) is 4.84. The lowest BCUT2D eigenvalue weighted by Gasteiger charge is -2.20. The molecule has 1 heterocycles. The van der Waals surface area contributed by atoms with Crippen LogP contribution >= 0.6 is 0 Å². The van der Waals surface area contributed by atoms with E-state index in [4.69, 9.17) is 4.74 Å². The maximum atomic E-state index is 13.1. The smallest absolute Gasteiger partial charge is 0.126 e. The first-order chi connectivity index (χ1) is 8.67. The van der Waals surface area contributed by atoms with E-state index in [2.05, 4.69) is 5.32 Å². The van der Waals surface area contributed by atoms with Gasteiger partial charge in [-0.15, -0.1) is 0 Å². The summed E-state index contributed by atoms with van der Waals surface area (Å²) in [5, 5.41) is 3.19. The number of nitrogens with one attached hydrogen (secondary N) is 1. The molecule has 100 valence electrons. The summed E-state index contributed by atoms with van der Waals surface area (Å²) in [7, 11) is 1.87. The van der Waals surface area contributed by atoms with Crippen LogP contribution in [0.25, 0.3) is 0 Å². The van der Waals surface area contributed by atoms with Gasteiger partial charge in [-0.1, -0.05) is 0 Å². The van der Waals surface area contributed by atoms with Crippen molar-refractivity contribution in [2.45, 2.75) is 37.8 Å². The average Bonchev–Trinajstić information content (AvgIpc) is 2.79. The number of rotatable bonds is 5. The Labute approximate surface area is 106 Å². The molecule has 2 atom stereocenters. The standard InChI is InChI=1S/C14H19F2NO/c1-17-13(9-14-3-2-4-18-14)7-10-5-11(15)8-12(16)6-10/h5-6,8,13-14,17H,2-4,7,9H2,1H3. The highest BCUT2D eigenvalue weighted by atomic mass is 19.1. The predicted octanol–water partition coefficient (Wildman–Crippen LogP) is 2.66. The van der Waals surface area contributed by atoms with Crippen LogP contribution in [0.1, 0.15) is 24.8 Å². The first kappa shape index (κ1) is 13.4. The summed E-state index contributed by atoms with van der Waals surface area (Å²) >= 11 is 0. The van der Waals surface area contributed by atoms with Crippen LogP contribution in [-0.2, 0) is 11.2 Å². The van der Waals surface area contributed by atoms with E-state index in [1.165, 1.54) is 12.1 Å². The zero-order chi connectivity index (χ0) is 13.0. The Balaban J connectivity index is 1.95. The highest BCUT2D eigenvalue weighted by Crippen LogP contribution is 2.19. The minimum atomic E-state index is -0.517. The van der Waals surface area contributed by atoms with Crippen molar-refractivity contribution in [2.75, 3.05) is 13.7 Å². The zero-order valence-electron chi connectivity index (χ0n) is 10.6. The number of hydrogen-bond donors (Lipinski definition) is 1. The van der Waals surface area contributed by atoms with Crippen molar-refractivity contribution in [3.8, 4) is 0 Å². The molecule has 1 fully saturated rings. The highest BCUT2D eigenvalue weighted by Gasteiger charge is 2.20. The molecule has 2 rings (SSSR count). The van der Waals surface area contributed by atoms with E-state index in [1.807, 2.05) is 7.05 Å². The fourth-order valence-electron chi connectivity index (χ4n) is 2.46. The fraction of sp³-hybridized carbons (Fsp3) is 0.571. The molecule has 1 aliphatic heterocycles. The van der Waals surface area contributed by atoms with Gasteiger partial charge in [0.15, 0.2) is 0 Å². The third kappa shape index (κ3) is 3.75. The third-order valence-corrected chi connectivity index (χ3v) is 3.38. The van der Waals surface area contributed by atoms with Crippen LogP contribution in [0.15, 0.2) is 18.2 Å². The normalized spacial score (nSPS) is 21.2. The SMILES string of the molecule is CNC(Cc1cc(F)cc(F)c1)CC1CCCO1. The number of hydrogen-bond acceptors (Lipinski definition) is 2. The van der Waals surface area contributed by atoms with Gasteiger partial charge in [-0.2, -0.15) is 0 Å². The van der Waals surface area contributed by atoms with E-state index >= 15 is 0 Å². The van der Waals surface area contributed by atoms with Crippen LogP contribution in [0, 0.1) is 11.6 Å². The lowest BCUT2D eigenvalue weighted by Crippen LogP contribution is -2.31. The van der Waals surface area contributed by atoms with Gasteiger partial charge in [-0.05, 0) is 50.4 Å². The minimum Gasteiger partial charge on any atom is -0.378 e. The molecule has 0 radical (unpaired) electrons. The Morgan fingerprint density at radius 1 is 1.33 bits per heavy atom. The van der Waals surface area contributed by atoms with Gasteiger partial charge in [0.25, 0.3) is 0 Å². The maximum Gasteiger partial charge on any atom is 0.126 e. The molecule has 0 saturated carbocycles. The Morgan fingerprint density at radius 2 is 2.06 bits per heavy atom. The van der Waals surface area contributed by atoms with Crippen LogP contribution in [-0.4, -0.2) is 25.8 Å². The van der Waals surface area contributed by atoms with E-state index in [-0.39, 0.29) is 12.1 Å². The fourth-order valence-corrected chi connectivity index (χ4v) is 2.46. The monoisotopic (exact) mass is 255 g/mol. The second-order valence-electron chi connectivity index (χ2n) is 4.84. The van der Waals surface area contributed by atoms with Crippen molar-refractivity contribution in [1.29, 1.82) is 0 Å². The Hall–Kier alpha value is -1.00. The molecule has 1 saturated heterocycles. The zero-order valence-corrected chi connectivity index (χ0v) is 10.6. The van der Waals surface area contributed by atoms with Gasteiger partial charge in [0, 0.05) is 18.7 Å². The molecule has 4 heteroatoms.